The van der Waals surface area contributed by atoms with E-state index in [1.54, 1.807) is 31.6 Å². The first-order chi connectivity index (χ1) is 12.3. The monoisotopic (exact) mass is 336 g/mol. The van der Waals surface area contributed by atoms with Crippen molar-refractivity contribution >= 4 is 11.6 Å². The zero-order valence-electron chi connectivity index (χ0n) is 13.6. The van der Waals surface area contributed by atoms with Crippen LogP contribution in [0.1, 0.15) is 34.3 Å². The van der Waals surface area contributed by atoms with Crippen molar-refractivity contribution in [3.8, 4) is 5.75 Å². The summed E-state index contributed by atoms with van der Waals surface area (Å²) in [6.07, 6.45) is 3.63. The lowest BCUT2D eigenvalue weighted by Gasteiger charge is -2.18. The average Bonchev–Trinajstić information content (AvgIpc) is 3.42. The summed E-state index contributed by atoms with van der Waals surface area (Å²) < 4.78 is 15.9. The van der Waals surface area contributed by atoms with Gasteiger partial charge in [-0.25, -0.2) is 5.01 Å². The van der Waals surface area contributed by atoms with Gasteiger partial charge in [0, 0.05) is 6.42 Å². The quantitative estimate of drug-likeness (QED) is 0.725. The van der Waals surface area contributed by atoms with E-state index in [1.807, 2.05) is 30.3 Å². The molecule has 0 bridgehead atoms. The van der Waals surface area contributed by atoms with Crippen LogP contribution in [0.25, 0.3) is 0 Å². The Morgan fingerprint density at radius 2 is 1.88 bits per heavy atom. The van der Waals surface area contributed by atoms with Crippen molar-refractivity contribution in [3.63, 3.8) is 0 Å². The summed E-state index contributed by atoms with van der Waals surface area (Å²) in [5.74, 6) is 1.41. The third-order valence-corrected chi connectivity index (χ3v) is 4.15. The zero-order valence-corrected chi connectivity index (χ0v) is 13.6. The molecular formula is C19H16N2O4. The average molecular weight is 336 g/mol. The van der Waals surface area contributed by atoms with E-state index >= 15 is 0 Å². The number of carbonyl (C=O) groups is 1. The molecule has 0 fully saturated rings. The first-order valence-corrected chi connectivity index (χ1v) is 7.88. The topological polar surface area (TPSA) is 68.2 Å². The Bertz CT molecular complexity index is 880. The highest BCUT2D eigenvalue weighted by Crippen LogP contribution is 2.34. The predicted molar refractivity (Wildman–Crippen MR) is 90.5 cm³/mol. The summed E-state index contributed by atoms with van der Waals surface area (Å²) in [5.41, 5.74) is 1.75. The van der Waals surface area contributed by atoms with Gasteiger partial charge in [-0.15, -0.1) is 0 Å². The van der Waals surface area contributed by atoms with E-state index in [2.05, 4.69) is 5.10 Å². The Morgan fingerprint density at radius 3 is 2.52 bits per heavy atom. The van der Waals surface area contributed by atoms with Crippen molar-refractivity contribution in [1.29, 1.82) is 0 Å². The van der Waals surface area contributed by atoms with Crippen LogP contribution in [0.5, 0.6) is 5.75 Å². The number of ether oxygens (including phenoxy) is 1. The molecule has 1 aliphatic rings. The van der Waals surface area contributed by atoms with Gasteiger partial charge < -0.3 is 13.6 Å². The Kier molecular flexibility index (Phi) is 3.85. The SMILES string of the molecule is COc1ccc(C2=NN(C(=O)c3ccco3)[C@@H](c3ccco3)C2)cc1. The Hall–Kier alpha value is -3.28. The highest BCUT2D eigenvalue weighted by molar-refractivity contribution is 6.04. The minimum atomic E-state index is -0.301. The molecule has 3 heterocycles. The summed E-state index contributed by atoms with van der Waals surface area (Å²) in [5, 5.41) is 5.97. The molecule has 3 aromatic rings. The molecule has 1 aliphatic heterocycles. The van der Waals surface area contributed by atoms with Crippen molar-refractivity contribution in [2.75, 3.05) is 7.11 Å². The minimum absolute atomic E-state index is 0.247. The molecular weight excluding hydrogens is 320 g/mol. The maximum absolute atomic E-state index is 12.8. The standard InChI is InChI=1S/C19H16N2O4/c1-23-14-8-6-13(7-9-14)15-12-16(17-4-2-10-24-17)21(20-15)19(22)18-5-3-11-25-18/h2-11,16H,12H2,1H3/t16-/m1/s1. The van der Waals surface area contributed by atoms with Gasteiger partial charge in [-0.3, -0.25) is 4.79 Å². The first-order valence-electron chi connectivity index (χ1n) is 7.88. The molecule has 2 aromatic heterocycles. The molecule has 6 nitrogen and oxygen atoms in total. The lowest BCUT2D eigenvalue weighted by molar-refractivity contribution is 0.0660. The summed E-state index contributed by atoms with van der Waals surface area (Å²) in [6, 6.07) is 14.3. The van der Waals surface area contributed by atoms with Crippen LogP contribution in [0.2, 0.25) is 0 Å². The number of amides is 1. The molecule has 25 heavy (non-hydrogen) atoms. The lowest BCUT2D eigenvalue weighted by Crippen LogP contribution is -2.26. The largest absolute Gasteiger partial charge is 0.497 e. The maximum atomic E-state index is 12.8. The smallest absolute Gasteiger partial charge is 0.310 e. The number of hydrogen-bond acceptors (Lipinski definition) is 5. The van der Waals surface area contributed by atoms with Crippen LogP contribution in [-0.4, -0.2) is 23.7 Å². The van der Waals surface area contributed by atoms with Crippen molar-refractivity contribution in [3.05, 3.63) is 78.1 Å². The zero-order chi connectivity index (χ0) is 17.2. The number of hydrogen-bond donors (Lipinski definition) is 0. The van der Waals surface area contributed by atoms with Gasteiger partial charge in [0.1, 0.15) is 17.6 Å². The summed E-state index contributed by atoms with van der Waals surface area (Å²) in [6.45, 7) is 0. The number of benzene rings is 1. The van der Waals surface area contributed by atoms with Gasteiger partial charge in [0.25, 0.3) is 0 Å². The summed E-state index contributed by atoms with van der Waals surface area (Å²) >= 11 is 0. The van der Waals surface area contributed by atoms with E-state index in [9.17, 15) is 4.79 Å². The van der Waals surface area contributed by atoms with Gasteiger partial charge in [0.15, 0.2) is 5.76 Å². The Balaban J connectivity index is 1.68. The number of furan rings is 2. The molecule has 126 valence electrons. The number of nitrogens with zero attached hydrogens (tertiary/aromatic N) is 2. The van der Waals surface area contributed by atoms with E-state index in [4.69, 9.17) is 13.6 Å². The van der Waals surface area contributed by atoms with Crippen LogP contribution in [0, 0.1) is 0 Å². The maximum Gasteiger partial charge on any atom is 0.310 e. The summed E-state index contributed by atoms with van der Waals surface area (Å²) in [7, 11) is 1.62. The fraction of sp³-hybridized carbons (Fsp3) is 0.158. The fourth-order valence-electron chi connectivity index (χ4n) is 2.87. The Labute approximate surface area is 144 Å². The molecule has 1 aromatic carbocycles. The minimum Gasteiger partial charge on any atom is -0.497 e. The van der Waals surface area contributed by atoms with Gasteiger partial charge in [0.2, 0.25) is 0 Å². The number of methoxy groups -OCH3 is 1. The third-order valence-electron chi connectivity index (χ3n) is 4.15. The normalized spacial score (nSPS) is 16.8. The molecule has 0 aliphatic carbocycles. The van der Waals surface area contributed by atoms with Gasteiger partial charge in [-0.1, -0.05) is 0 Å². The second kappa shape index (κ2) is 6.32. The molecule has 0 spiro atoms. The molecule has 6 heteroatoms. The molecule has 0 radical (unpaired) electrons. The van der Waals surface area contributed by atoms with E-state index in [0.717, 1.165) is 17.0 Å². The number of carbonyl (C=O) groups excluding carboxylic acids is 1. The van der Waals surface area contributed by atoms with Crippen LogP contribution >= 0.6 is 0 Å². The molecule has 4 rings (SSSR count). The van der Waals surface area contributed by atoms with Crippen molar-refractivity contribution in [1.82, 2.24) is 5.01 Å². The Morgan fingerprint density at radius 1 is 1.12 bits per heavy atom. The highest BCUT2D eigenvalue weighted by atomic mass is 16.5. The number of rotatable bonds is 4. The van der Waals surface area contributed by atoms with Crippen LogP contribution in [0.4, 0.5) is 0 Å². The van der Waals surface area contributed by atoms with Gasteiger partial charge in [-0.2, -0.15) is 5.10 Å². The second-order valence-electron chi connectivity index (χ2n) is 5.64. The van der Waals surface area contributed by atoms with E-state index in [0.29, 0.717) is 12.2 Å². The fourth-order valence-corrected chi connectivity index (χ4v) is 2.87. The first kappa shape index (κ1) is 15.3. The molecule has 1 atom stereocenters. The molecule has 0 saturated carbocycles. The molecule has 0 N–H and O–H groups in total. The van der Waals surface area contributed by atoms with Crippen LogP contribution < -0.4 is 4.74 Å². The molecule has 1 amide bonds. The lowest BCUT2D eigenvalue weighted by atomic mass is 10.0. The summed E-state index contributed by atoms with van der Waals surface area (Å²) in [4.78, 5) is 12.8. The second-order valence-corrected chi connectivity index (χ2v) is 5.64. The van der Waals surface area contributed by atoms with Crippen LogP contribution in [0.3, 0.4) is 0 Å². The van der Waals surface area contributed by atoms with Crippen LogP contribution in [0.15, 0.2) is 75.0 Å². The van der Waals surface area contributed by atoms with E-state index in [-0.39, 0.29) is 17.7 Å². The van der Waals surface area contributed by atoms with Gasteiger partial charge >= 0.3 is 5.91 Å². The third kappa shape index (κ3) is 2.82. The van der Waals surface area contributed by atoms with E-state index in [1.165, 1.54) is 11.3 Å². The van der Waals surface area contributed by atoms with Gasteiger partial charge in [-0.05, 0) is 54.1 Å². The van der Waals surface area contributed by atoms with Crippen molar-refractivity contribution < 1.29 is 18.4 Å². The molecule has 0 saturated heterocycles. The van der Waals surface area contributed by atoms with E-state index < -0.39 is 0 Å². The number of hydrazone groups is 1. The highest BCUT2D eigenvalue weighted by Gasteiger charge is 2.36. The predicted octanol–water partition coefficient (Wildman–Crippen LogP) is 3.87. The van der Waals surface area contributed by atoms with Gasteiger partial charge in [0.05, 0.1) is 25.3 Å². The molecule has 0 unspecified atom stereocenters. The van der Waals surface area contributed by atoms with Crippen molar-refractivity contribution in [2.45, 2.75) is 12.5 Å². The van der Waals surface area contributed by atoms with Crippen molar-refractivity contribution in [2.24, 2.45) is 5.10 Å². The van der Waals surface area contributed by atoms with Crippen LogP contribution in [-0.2, 0) is 0 Å².